The Morgan fingerprint density at radius 2 is 2.09 bits per heavy atom. The van der Waals surface area contributed by atoms with Gasteiger partial charge in [0.15, 0.2) is 11.5 Å². The molecule has 3 rings (SSSR count). The van der Waals surface area contributed by atoms with E-state index in [1.54, 1.807) is 25.1 Å². The highest BCUT2D eigenvalue weighted by molar-refractivity contribution is 6.31. The first-order valence-corrected chi connectivity index (χ1v) is 7.06. The molecule has 0 saturated carbocycles. The molecule has 3 aromatic rings. The van der Waals surface area contributed by atoms with E-state index in [9.17, 15) is 4.79 Å². The second kappa shape index (κ2) is 6.07. The van der Waals surface area contributed by atoms with Crippen LogP contribution in [-0.2, 0) is 6.54 Å². The molecule has 0 atom stereocenters. The first-order chi connectivity index (χ1) is 10.7. The fourth-order valence-electron chi connectivity index (χ4n) is 2.13. The third-order valence-corrected chi connectivity index (χ3v) is 3.61. The number of rotatable bonds is 4. The van der Waals surface area contributed by atoms with Crippen LogP contribution in [0.1, 0.15) is 21.7 Å². The molecular weight excluding hydrogens is 304 g/mol. The van der Waals surface area contributed by atoms with Gasteiger partial charge in [0.05, 0.1) is 6.26 Å². The number of benzene rings is 1. The van der Waals surface area contributed by atoms with E-state index in [1.165, 1.54) is 6.26 Å². The van der Waals surface area contributed by atoms with E-state index in [-0.39, 0.29) is 5.91 Å². The molecule has 2 aromatic heterocycles. The van der Waals surface area contributed by atoms with Gasteiger partial charge in [0.2, 0.25) is 0 Å². The molecule has 0 radical (unpaired) electrons. The Hall–Kier alpha value is -2.53. The van der Waals surface area contributed by atoms with Crippen LogP contribution in [0.15, 0.2) is 51.6 Å². The van der Waals surface area contributed by atoms with E-state index in [0.717, 1.165) is 5.56 Å². The number of carbonyl (C=O) groups is 1. The van der Waals surface area contributed by atoms with E-state index in [2.05, 4.69) is 10.5 Å². The Balaban J connectivity index is 1.81. The molecule has 1 aromatic carbocycles. The third-order valence-electron chi connectivity index (χ3n) is 3.24. The predicted molar refractivity (Wildman–Crippen MR) is 81.6 cm³/mol. The number of hydrogen-bond acceptors (Lipinski definition) is 4. The van der Waals surface area contributed by atoms with Gasteiger partial charge in [-0.25, -0.2) is 0 Å². The first kappa shape index (κ1) is 14.4. The molecule has 0 bridgehead atoms. The second-order valence-electron chi connectivity index (χ2n) is 4.71. The number of aromatic nitrogens is 1. The Kier molecular flexibility index (Phi) is 3.98. The average Bonchev–Trinajstić information content (AvgIpc) is 3.15. The lowest BCUT2D eigenvalue weighted by molar-refractivity contribution is 0.0950. The fraction of sp³-hybridized carbons (Fsp3) is 0.125. The van der Waals surface area contributed by atoms with Crippen molar-refractivity contribution < 1.29 is 13.7 Å². The van der Waals surface area contributed by atoms with E-state index >= 15 is 0 Å². The third kappa shape index (κ3) is 2.76. The number of amides is 1. The Bertz CT molecular complexity index is 794. The maximum absolute atomic E-state index is 12.4. The fourth-order valence-corrected chi connectivity index (χ4v) is 2.33. The Labute approximate surface area is 131 Å². The Morgan fingerprint density at radius 1 is 1.27 bits per heavy atom. The quantitative estimate of drug-likeness (QED) is 0.794. The van der Waals surface area contributed by atoms with Gasteiger partial charge in [-0.15, -0.1) is 0 Å². The van der Waals surface area contributed by atoms with Gasteiger partial charge in [-0.1, -0.05) is 35.0 Å². The summed E-state index contributed by atoms with van der Waals surface area (Å²) < 4.78 is 10.4. The van der Waals surface area contributed by atoms with Gasteiger partial charge in [-0.2, -0.15) is 0 Å². The van der Waals surface area contributed by atoms with Gasteiger partial charge in [0, 0.05) is 11.6 Å². The van der Waals surface area contributed by atoms with Crippen molar-refractivity contribution in [2.45, 2.75) is 13.5 Å². The summed E-state index contributed by atoms with van der Waals surface area (Å²) in [6, 6.07) is 10.8. The Morgan fingerprint density at radius 3 is 2.82 bits per heavy atom. The molecule has 6 heteroatoms. The van der Waals surface area contributed by atoms with Crippen LogP contribution in [0.3, 0.4) is 0 Å². The molecule has 5 nitrogen and oxygen atoms in total. The van der Waals surface area contributed by atoms with Crippen molar-refractivity contribution in [2.75, 3.05) is 0 Å². The zero-order chi connectivity index (χ0) is 15.5. The van der Waals surface area contributed by atoms with Crippen LogP contribution >= 0.6 is 11.6 Å². The molecule has 112 valence electrons. The van der Waals surface area contributed by atoms with Gasteiger partial charge < -0.3 is 14.3 Å². The summed E-state index contributed by atoms with van der Waals surface area (Å²) in [5, 5.41) is 7.32. The summed E-state index contributed by atoms with van der Waals surface area (Å²) in [6.45, 7) is 2.00. The standard InChI is InChI=1S/C16H13ClN2O3/c1-10-14(15(19-22-10)13-7-4-8-21-13)16(20)18-9-11-5-2-3-6-12(11)17/h2-8H,9H2,1H3,(H,18,20). The zero-order valence-corrected chi connectivity index (χ0v) is 12.6. The smallest absolute Gasteiger partial charge is 0.257 e. The van der Waals surface area contributed by atoms with Crippen LogP contribution in [0.25, 0.3) is 11.5 Å². The largest absolute Gasteiger partial charge is 0.463 e. The van der Waals surface area contributed by atoms with Gasteiger partial charge in [-0.3, -0.25) is 4.79 Å². The van der Waals surface area contributed by atoms with Crippen molar-refractivity contribution in [3.8, 4) is 11.5 Å². The topological polar surface area (TPSA) is 68.3 Å². The van der Waals surface area contributed by atoms with Crippen LogP contribution in [-0.4, -0.2) is 11.1 Å². The molecule has 0 aliphatic carbocycles. The normalized spacial score (nSPS) is 10.6. The minimum absolute atomic E-state index is 0.287. The molecule has 0 spiro atoms. The van der Waals surface area contributed by atoms with E-state index in [4.69, 9.17) is 20.5 Å². The van der Waals surface area contributed by atoms with Crippen molar-refractivity contribution in [2.24, 2.45) is 0 Å². The van der Waals surface area contributed by atoms with E-state index in [0.29, 0.717) is 34.3 Å². The highest BCUT2D eigenvalue weighted by Crippen LogP contribution is 2.25. The SMILES string of the molecule is Cc1onc(-c2ccco2)c1C(=O)NCc1ccccc1Cl. The van der Waals surface area contributed by atoms with Crippen molar-refractivity contribution in [3.63, 3.8) is 0 Å². The van der Waals surface area contributed by atoms with Crippen molar-refractivity contribution in [3.05, 3.63) is 64.6 Å². The van der Waals surface area contributed by atoms with Gasteiger partial charge >= 0.3 is 0 Å². The van der Waals surface area contributed by atoms with Gasteiger partial charge in [0.1, 0.15) is 11.3 Å². The monoisotopic (exact) mass is 316 g/mol. The van der Waals surface area contributed by atoms with Gasteiger partial charge in [-0.05, 0) is 30.7 Å². The van der Waals surface area contributed by atoms with Gasteiger partial charge in [0.25, 0.3) is 5.91 Å². The second-order valence-corrected chi connectivity index (χ2v) is 5.12. The molecule has 1 N–H and O–H groups in total. The lowest BCUT2D eigenvalue weighted by Gasteiger charge is -2.06. The molecular formula is C16H13ClN2O3. The van der Waals surface area contributed by atoms with Crippen molar-refractivity contribution in [1.82, 2.24) is 10.5 Å². The lowest BCUT2D eigenvalue weighted by atomic mass is 10.1. The number of nitrogens with zero attached hydrogens (tertiary/aromatic N) is 1. The van der Waals surface area contributed by atoms with Crippen LogP contribution < -0.4 is 5.32 Å². The molecule has 22 heavy (non-hydrogen) atoms. The first-order valence-electron chi connectivity index (χ1n) is 6.68. The average molecular weight is 317 g/mol. The number of hydrogen-bond donors (Lipinski definition) is 1. The molecule has 1 amide bonds. The number of halogens is 1. The molecule has 0 fully saturated rings. The zero-order valence-electron chi connectivity index (χ0n) is 11.8. The van der Waals surface area contributed by atoms with E-state index < -0.39 is 0 Å². The summed E-state index contributed by atoms with van der Waals surface area (Å²) in [4.78, 5) is 12.4. The molecule has 2 heterocycles. The number of nitrogens with one attached hydrogen (secondary N) is 1. The van der Waals surface area contributed by atoms with Crippen molar-refractivity contribution >= 4 is 17.5 Å². The van der Waals surface area contributed by atoms with Crippen molar-refractivity contribution in [1.29, 1.82) is 0 Å². The minimum Gasteiger partial charge on any atom is -0.463 e. The summed E-state index contributed by atoms with van der Waals surface area (Å²) in [7, 11) is 0. The molecule has 0 aliphatic heterocycles. The number of aryl methyl sites for hydroxylation is 1. The van der Waals surface area contributed by atoms with Crippen LogP contribution in [0.5, 0.6) is 0 Å². The number of carbonyl (C=O) groups excluding carboxylic acids is 1. The van der Waals surface area contributed by atoms with Crippen LogP contribution in [0, 0.1) is 6.92 Å². The molecule has 0 saturated heterocycles. The highest BCUT2D eigenvalue weighted by Gasteiger charge is 2.23. The number of furan rings is 1. The molecule has 0 aliphatic rings. The minimum atomic E-state index is -0.287. The van der Waals surface area contributed by atoms with E-state index in [1.807, 2.05) is 18.2 Å². The van der Waals surface area contributed by atoms with Crippen LogP contribution in [0.2, 0.25) is 5.02 Å². The molecule has 0 unspecified atom stereocenters. The van der Waals surface area contributed by atoms with Crippen LogP contribution in [0.4, 0.5) is 0 Å². The maximum atomic E-state index is 12.4. The summed E-state index contributed by atoms with van der Waals surface area (Å²) in [5.74, 6) is 0.632. The predicted octanol–water partition coefficient (Wildman–Crippen LogP) is 3.83. The highest BCUT2D eigenvalue weighted by atomic mass is 35.5. The lowest BCUT2D eigenvalue weighted by Crippen LogP contribution is -2.23. The maximum Gasteiger partial charge on any atom is 0.257 e. The summed E-state index contributed by atoms with van der Waals surface area (Å²) in [6.07, 6.45) is 1.52. The summed E-state index contributed by atoms with van der Waals surface area (Å²) in [5.41, 5.74) is 1.59. The summed E-state index contributed by atoms with van der Waals surface area (Å²) >= 11 is 6.08.